The lowest BCUT2D eigenvalue weighted by molar-refractivity contribution is 0.0730. The molecule has 1 unspecified atom stereocenters. The third kappa shape index (κ3) is 4.23. The van der Waals surface area contributed by atoms with Crippen LogP contribution in [0.15, 0.2) is 73.3 Å². The van der Waals surface area contributed by atoms with Crippen molar-refractivity contribution in [2.24, 2.45) is 0 Å². The van der Waals surface area contributed by atoms with E-state index in [1.807, 2.05) is 49.4 Å². The van der Waals surface area contributed by atoms with Crippen molar-refractivity contribution in [1.82, 2.24) is 15.1 Å². The highest BCUT2D eigenvalue weighted by molar-refractivity contribution is 6.32. The van der Waals surface area contributed by atoms with Gasteiger partial charge >= 0.3 is 0 Å². The summed E-state index contributed by atoms with van der Waals surface area (Å²) in [6.45, 7) is 6.18. The van der Waals surface area contributed by atoms with Gasteiger partial charge in [-0.1, -0.05) is 66.2 Å². The molecule has 0 fully saturated rings. The molecule has 1 aromatic heterocycles. The van der Waals surface area contributed by atoms with E-state index in [0.717, 1.165) is 16.7 Å². The quantitative estimate of drug-likeness (QED) is 0.266. The van der Waals surface area contributed by atoms with Crippen molar-refractivity contribution in [2.45, 2.75) is 19.5 Å². The number of aryl methyl sites for hydroxylation is 1. The summed E-state index contributed by atoms with van der Waals surface area (Å²) in [6.07, 6.45) is 1.68. The standard InChI is InChI=1S/C28H23Cl2N3O3/c1-3-12-36-19-10-8-17(9-11-19)27-24-25(20-14-22(30)16(2)13-23(20)34)31-32-26(24)28(35)33(27)15-18-6-4-5-7-21(18)29/h3-11,13-14,27,34H,1,12,15H2,2H3,(H,31,32). The number of ether oxygens (including phenoxy) is 1. The number of phenolic OH excluding ortho intramolecular Hbond substituents is 1. The summed E-state index contributed by atoms with van der Waals surface area (Å²) >= 11 is 12.8. The second-order valence-corrected chi connectivity index (χ2v) is 9.39. The van der Waals surface area contributed by atoms with Crippen LogP contribution in [0.4, 0.5) is 0 Å². The van der Waals surface area contributed by atoms with Crippen molar-refractivity contribution in [1.29, 1.82) is 0 Å². The highest BCUT2D eigenvalue weighted by atomic mass is 35.5. The number of rotatable bonds is 7. The maximum absolute atomic E-state index is 13.6. The summed E-state index contributed by atoms with van der Waals surface area (Å²) in [7, 11) is 0. The normalized spacial score (nSPS) is 14.7. The minimum Gasteiger partial charge on any atom is -0.507 e. The fourth-order valence-corrected chi connectivity index (χ4v) is 4.84. The van der Waals surface area contributed by atoms with Crippen LogP contribution in [0.3, 0.4) is 0 Å². The highest BCUT2D eigenvalue weighted by Crippen LogP contribution is 2.46. The molecule has 3 aromatic carbocycles. The lowest BCUT2D eigenvalue weighted by Crippen LogP contribution is -2.29. The molecule has 182 valence electrons. The molecule has 1 atom stereocenters. The molecule has 0 saturated heterocycles. The monoisotopic (exact) mass is 519 g/mol. The number of benzene rings is 3. The summed E-state index contributed by atoms with van der Waals surface area (Å²) in [5.41, 5.74) is 4.38. The Kier molecular flexibility index (Phi) is 6.48. The Morgan fingerprint density at radius 3 is 2.61 bits per heavy atom. The van der Waals surface area contributed by atoms with E-state index >= 15 is 0 Å². The van der Waals surface area contributed by atoms with Gasteiger partial charge in [0.05, 0.1) is 6.04 Å². The number of H-pyrrole nitrogens is 1. The first-order chi connectivity index (χ1) is 17.4. The van der Waals surface area contributed by atoms with E-state index in [1.165, 1.54) is 0 Å². The van der Waals surface area contributed by atoms with Gasteiger partial charge < -0.3 is 14.7 Å². The second kappa shape index (κ2) is 9.72. The molecule has 1 amide bonds. The number of carbonyl (C=O) groups is 1. The summed E-state index contributed by atoms with van der Waals surface area (Å²) in [4.78, 5) is 15.4. The zero-order valence-corrected chi connectivity index (χ0v) is 21.0. The zero-order valence-electron chi connectivity index (χ0n) is 19.5. The van der Waals surface area contributed by atoms with Crippen LogP contribution in [0.1, 0.15) is 38.8 Å². The van der Waals surface area contributed by atoms with Gasteiger partial charge in [-0.3, -0.25) is 9.89 Å². The number of nitrogens with one attached hydrogen (secondary N) is 1. The molecule has 1 aliphatic rings. The lowest BCUT2D eigenvalue weighted by atomic mass is 9.95. The van der Waals surface area contributed by atoms with Gasteiger partial charge in [-0.25, -0.2) is 0 Å². The van der Waals surface area contributed by atoms with Crippen molar-refractivity contribution in [3.05, 3.63) is 111 Å². The maximum atomic E-state index is 13.6. The van der Waals surface area contributed by atoms with Crippen LogP contribution in [-0.4, -0.2) is 32.7 Å². The van der Waals surface area contributed by atoms with Crippen molar-refractivity contribution in [2.75, 3.05) is 6.61 Å². The van der Waals surface area contributed by atoms with Crippen molar-refractivity contribution in [3.63, 3.8) is 0 Å². The minimum atomic E-state index is -0.481. The minimum absolute atomic E-state index is 0.0372. The maximum Gasteiger partial charge on any atom is 0.273 e. The van der Waals surface area contributed by atoms with Crippen molar-refractivity contribution < 1.29 is 14.6 Å². The van der Waals surface area contributed by atoms with E-state index in [9.17, 15) is 9.90 Å². The predicted octanol–water partition coefficient (Wildman–Crippen LogP) is 6.71. The van der Waals surface area contributed by atoms with Crippen molar-refractivity contribution >= 4 is 29.1 Å². The van der Waals surface area contributed by atoms with Gasteiger partial charge in [0.1, 0.15) is 29.5 Å². The Balaban J connectivity index is 1.64. The fraction of sp³-hybridized carbons (Fsp3) is 0.143. The molecule has 36 heavy (non-hydrogen) atoms. The van der Waals surface area contributed by atoms with Crippen LogP contribution in [0.25, 0.3) is 11.3 Å². The largest absolute Gasteiger partial charge is 0.507 e. The first kappa shape index (κ1) is 24.0. The third-order valence-corrected chi connectivity index (χ3v) is 7.03. The first-order valence-electron chi connectivity index (χ1n) is 11.3. The molecule has 1 aliphatic heterocycles. The number of hydrogen-bond donors (Lipinski definition) is 2. The van der Waals surface area contributed by atoms with E-state index in [4.69, 9.17) is 27.9 Å². The molecule has 0 aliphatic carbocycles. The third-order valence-electron chi connectivity index (χ3n) is 6.26. The van der Waals surface area contributed by atoms with E-state index in [1.54, 1.807) is 29.2 Å². The molecule has 5 rings (SSSR count). The molecule has 0 spiro atoms. The molecule has 6 nitrogen and oxygen atoms in total. The summed E-state index contributed by atoms with van der Waals surface area (Å²) in [5.74, 6) is 0.518. The van der Waals surface area contributed by atoms with Gasteiger partial charge in [0, 0.05) is 27.7 Å². The molecule has 0 radical (unpaired) electrons. The fourth-order valence-electron chi connectivity index (χ4n) is 4.48. The number of hydrogen-bond acceptors (Lipinski definition) is 4. The van der Waals surface area contributed by atoms with E-state index in [2.05, 4.69) is 16.8 Å². The van der Waals surface area contributed by atoms with E-state index < -0.39 is 6.04 Å². The SMILES string of the molecule is C=CCOc1ccc(C2c3c(-c4cc(Cl)c(C)cc4O)n[nH]c3C(=O)N2Cc2ccccc2Cl)cc1. The average molecular weight is 520 g/mol. The number of amides is 1. The molecule has 0 saturated carbocycles. The summed E-state index contributed by atoms with van der Waals surface area (Å²) < 4.78 is 5.64. The molecular formula is C28H23Cl2N3O3. The van der Waals surface area contributed by atoms with Gasteiger partial charge in [-0.05, 0) is 53.9 Å². The predicted molar refractivity (Wildman–Crippen MR) is 141 cm³/mol. The number of carbonyl (C=O) groups excluding carboxylic acids is 1. The number of fused-ring (bicyclic) bond motifs is 1. The van der Waals surface area contributed by atoms with Gasteiger partial charge in [-0.2, -0.15) is 5.10 Å². The number of aromatic hydroxyl groups is 1. The van der Waals surface area contributed by atoms with Gasteiger partial charge in [0.25, 0.3) is 5.91 Å². The Bertz CT molecular complexity index is 1460. The van der Waals surface area contributed by atoms with Crippen LogP contribution in [0, 0.1) is 6.92 Å². The molecule has 8 heteroatoms. The zero-order chi connectivity index (χ0) is 25.4. The second-order valence-electron chi connectivity index (χ2n) is 8.58. The van der Waals surface area contributed by atoms with Gasteiger partial charge in [0.15, 0.2) is 0 Å². The highest BCUT2D eigenvalue weighted by Gasteiger charge is 2.42. The van der Waals surface area contributed by atoms with Crippen LogP contribution < -0.4 is 4.74 Å². The molecule has 2 N–H and O–H groups in total. The Morgan fingerprint density at radius 2 is 1.89 bits per heavy atom. The smallest absolute Gasteiger partial charge is 0.273 e. The molecule has 0 bridgehead atoms. The van der Waals surface area contributed by atoms with E-state index in [0.29, 0.717) is 51.5 Å². The van der Waals surface area contributed by atoms with Crippen LogP contribution >= 0.6 is 23.2 Å². The van der Waals surface area contributed by atoms with Crippen LogP contribution in [0.5, 0.6) is 11.5 Å². The lowest BCUT2D eigenvalue weighted by Gasteiger charge is -2.27. The number of aromatic nitrogens is 2. The van der Waals surface area contributed by atoms with E-state index in [-0.39, 0.29) is 11.7 Å². The van der Waals surface area contributed by atoms with Crippen molar-refractivity contribution in [3.8, 4) is 22.8 Å². The van der Waals surface area contributed by atoms with Crippen LogP contribution in [0.2, 0.25) is 10.0 Å². The number of halogens is 2. The molecule has 2 heterocycles. The Hall–Kier alpha value is -3.74. The summed E-state index contributed by atoms with van der Waals surface area (Å²) in [5, 5.41) is 19.2. The summed E-state index contributed by atoms with van der Waals surface area (Å²) in [6, 6.07) is 17.8. The molecule has 4 aromatic rings. The van der Waals surface area contributed by atoms with Gasteiger partial charge in [-0.15, -0.1) is 0 Å². The number of phenols is 1. The Labute approximate surface area is 218 Å². The average Bonchev–Trinajstić information content (AvgIpc) is 3.41. The molecular weight excluding hydrogens is 497 g/mol. The topological polar surface area (TPSA) is 78.5 Å². The number of aromatic amines is 1. The van der Waals surface area contributed by atoms with Crippen LogP contribution in [-0.2, 0) is 6.54 Å². The Morgan fingerprint density at radius 1 is 1.14 bits per heavy atom. The van der Waals surface area contributed by atoms with Gasteiger partial charge in [0.2, 0.25) is 0 Å². The number of nitrogens with zero attached hydrogens (tertiary/aromatic N) is 2. The first-order valence-corrected chi connectivity index (χ1v) is 12.1.